The molecular formula is C19H21ClN2O2S. The fourth-order valence-corrected chi connectivity index (χ4v) is 3.82. The van der Waals surface area contributed by atoms with Gasteiger partial charge in [-0.2, -0.15) is 0 Å². The molecule has 0 aromatic heterocycles. The Morgan fingerprint density at radius 3 is 2.96 bits per heavy atom. The first-order valence-corrected chi connectivity index (χ1v) is 9.64. The van der Waals surface area contributed by atoms with E-state index in [0.29, 0.717) is 19.6 Å². The summed E-state index contributed by atoms with van der Waals surface area (Å²) in [4.78, 5) is 13.4. The molecule has 1 fully saturated rings. The molecule has 6 heteroatoms. The highest BCUT2D eigenvalue weighted by Gasteiger charge is 2.17. The van der Waals surface area contributed by atoms with Gasteiger partial charge in [0.05, 0.1) is 18.9 Å². The maximum Gasteiger partial charge on any atom is 0.226 e. The van der Waals surface area contributed by atoms with E-state index in [1.807, 2.05) is 42.5 Å². The van der Waals surface area contributed by atoms with Gasteiger partial charge in [0.25, 0.3) is 0 Å². The van der Waals surface area contributed by atoms with Gasteiger partial charge in [-0.25, -0.2) is 0 Å². The molecule has 25 heavy (non-hydrogen) atoms. The first kappa shape index (κ1) is 18.3. The average Bonchev–Trinajstić information content (AvgIpc) is 2.62. The van der Waals surface area contributed by atoms with Crippen LogP contribution in [0.25, 0.3) is 0 Å². The number of morpholine rings is 1. The Morgan fingerprint density at radius 2 is 2.16 bits per heavy atom. The topological polar surface area (TPSA) is 50.4 Å². The van der Waals surface area contributed by atoms with Crippen LogP contribution in [-0.2, 0) is 15.3 Å². The lowest BCUT2D eigenvalue weighted by Gasteiger charge is -2.23. The van der Waals surface area contributed by atoms with Crippen LogP contribution in [0.1, 0.15) is 12.0 Å². The summed E-state index contributed by atoms with van der Waals surface area (Å²) in [5, 5.41) is 7.06. The summed E-state index contributed by atoms with van der Waals surface area (Å²) in [6, 6.07) is 15.8. The summed E-state index contributed by atoms with van der Waals surface area (Å²) >= 11 is 7.72. The standard InChI is InChI=1S/C19H21ClN2O2S/c20-15-5-3-4-14(10-15)13-25-18-7-2-1-6-17(18)22-19(23)11-16-12-24-9-8-21-16/h1-7,10,16,21H,8-9,11-13H2,(H,22,23). The Bertz CT molecular complexity index is 720. The van der Waals surface area contributed by atoms with E-state index in [1.54, 1.807) is 11.8 Å². The number of thioether (sulfide) groups is 1. The average molecular weight is 377 g/mol. The minimum absolute atomic E-state index is 0.00111. The van der Waals surface area contributed by atoms with Crippen molar-refractivity contribution < 1.29 is 9.53 Å². The van der Waals surface area contributed by atoms with E-state index in [9.17, 15) is 4.79 Å². The Labute approximate surface area is 157 Å². The molecule has 1 saturated heterocycles. The second-order valence-electron chi connectivity index (χ2n) is 5.89. The number of ether oxygens (including phenoxy) is 1. The molecule has 4 nitrogen and oxygen atoms in total. The van der Waals surface area contributed by atoms with Crippen LogP contribution in [0, 0.1) is 0 Å². The molecule has 0 saturated carbocycles. The summed E-state index contributed by atoms with van der Waals surface area (Å²) in [7, 11) is 0. The van der Waals surface area contributed by atoms with Crippen LogP contribution in [-0.4, -0.2) is 31.7 Å². The lowest BCUT2D eigenvalue weighted by molar-refractivity contribution is -0.117. The van der Waals surface area contributed by atoms with Gasteiger partial charge >= 0.3 is 0 Å². The van der Waals surface area contributed by atoms with Gasteiger partial charge in [-0.1, -0.05) is 35.9 Å². The lowest BCUT2D eigenvalue weighted by Crippen LogP contribution is -2.43. The van der Waals surface area contributed by atoms with Gasteiger partial charge in [-0.3, -0.25) is 4.79 Å². The van der Waals surface area contributed by atoms with Gasteiger partial charge in [0.15, 0.2) is 0 Å². The number of hydrogen-bond donors (Lipinski definition) is 2. The zero-order valence-corrected chi connectivity index (χ0v) is 15.4. The summed E-state index contributed by atoms with van der Waals surface area (Å²) < 4.78 is 5.40. The third-order valence-electron chi connectivity index (χ3n) is 3.87. The molecule has 1 heterocycles. The Balaban J connectivity index is 1.59. The van der Waals surface area contributed by atoms with Crippen molar-refractivity contribution in [1.29, 1.82) is 0 Å². The van der Waals surface area contributed by atoms with Crippen LogP contribution >= 0.6 is 23.4 Å². The molecule has 1 amide bonds. The Morgan fingerprint density at radius 1 is 1.28 bits per heavy atom. The number of hydrogen-bond acceptors (Lipinski definition) is 4. The van der Waals surface area contributed by atoms with Crippen molar-refractivity contribution in [3.63, 3.8) is 0 Å². The molecule has 1 aliphatic rings. The van der Waals surface area contributed by atoms with Crippen LogP contribution in [0.3, 0.4) is 0 Å². The van der Waals surface area contributed by atoms with Crippen molar-refractivity contribution in [2.45, 2.75) is 23.1 Å². The van der Waals surface area contributed by atoms with Crippen molar-refractivity contribution in [3.8, 4) is 0 Å². The monoisotopic (exact) mass is 376 g/mol. The van der Waals surface area contributed by atoms with Gasteiger partial charge in [-0.05, 0) is 29.8 Å². The maximum atomic E-state index is 12.3. The fraction of sp³-hybridized carbons (Fsp3) is 0.316. The minimum atomic E-state index is -0.00111. The molecular weight excluding hydrogens is 356 g/mol. The molecule has 2 aromatic carbocycles. The van der Waals surface area contributed by atoms with Gasteiger partial charge in [0.2, 0.25) is 5.91 Å². The first-order chi connectivity index (χ1) is 12.2. The number of para-hydroxylation sites is 1. The van der Waals surface area contributed by atoms with Crippen molar-refractivity contribution in [1.82, 2.24) is 5.32 Å². The molecule has 0 bridgehead atoms. The van der Waals surface area contributed by atoms with E-state index < -0.39 is 0 Å². The van der Waals surface area contributed by atoms with Gasteiger partial charge in [0, 0.05) is 34.7 Å². The molecule has 1 atom stereocenters. The number of anilines is 1. The zero-order chi connectivity index (χ0) is 17.5. The third-order valence-corrected chi connectivity index (χ3v) is 5.25. The number of amides is 1. The van der Waals surface area contributed by atoms with E-state index in [-0.39, 0.29) is 11.9 Å². The molecule has 0 aliphatic carbocycles. The molecule has 2 N–H and O–H groups in total. The second kappa shape index (κ2) is 9.25. The number of carbonyl (C=O) groups is 1. The largest absolute Gasteiger partial charge is 0.378 e. The Kier molecular flexibility index (Phi) is 6.76. The summed E-state index contributed by atoms with van der Waals surface area (Å²) in [6.07, 6.45) is 0.410. The predicted octanol–water partition coefficient (Wildman–Crippen LogP) is 3.95. The fourth-order valence-electron chi connectivity index (χ4n) is 2.66. The van der Waals surface area contributed by atoms with Crippen LogP contribution in [0.4, 0.5) is 5.69 Å². The molecule has 0 radical (unpaired) electrons. The second-order valence-corrected chi connectivity index (χ2v) is 7.35. The molecule has 3 rings (SSSR count). The zero-order valence-electron chi connectivity index (χ0n) is 13.8. The summed E-state index contributed by atoms with van der Waals surface area (Å²) in [6.45, 7) is 2.09. The van der Waals surface area contributed by atoms with Crippen LogP contribution in [0.2, 0.25) is 5.02 Å². The van der Waals surface area contributed by atoms with Crippen LogP contribution in [0.15, 0.2) is 53.4 Å². The van der Waals surface area contributed by atoms with Crippen molar-refractivity contribution in [2.24, 2.45) is 0 Å². The molecule has 0 spiro atoms. The van der Waals surface area contributed by atoms with Gasteiger partial charge in [-0.15, -0.1) is 11.8 Å². The van der Waals surface area contributed by atoms with Crippen molar-refractivity contribution >= 4 is 35.0 Å². The maximum absolute atomic E-state index is 12.3. The summed E-state index contributed by atoms with van der Waals surface area (Å²) in [5.41, 5.74) is 2.00. The van der Waals surface area contributed by atoms with E-state index in [1.165, 1.54) is 0 Å². The number of rotatable bonds is 6. The lowest BCUT2D eigenvalue weighted by atomic mass is 10.2. The number of halogens is 1. The summed E-state index contributed by atoms with van der Waals surface area (Å²) in [5.74, 6) is 0.796. The van der Waals surface area contributed by atoms with Crippen LogP contribution < -0.4 is 10.6 Å². The van der Waals surface area contributed by atoms with E-state index >= 15 is 0 Å². The smallest absolute Gasteiger partial charge is 0.226 e. The number of benzene rings is 2. The highest BCUT2D eigenvalue weighted by Crippen LogP contribution is 2.30. The highest BCUT2D eigenvalue weighted by molar-refractivity contribution is 7.98. The van der Waals surface area contributed by atoms with Gasteiger partial charge in [0.1, 0.15) is 0 Å². The Hall–Kier alpha value is -1.53. The molecule has 2 aromatic rings. The number of carbonyl (C=O) groups excluding carboxylic acids is 1. The third kappa shape index (κ3) is 5.75. The van der Waals surface area contributed by atoms with Crippen molar-refractivity contribution in [3.05, 3.63) is 59.1 Å². The molecule has 132 valence electrons. The normalized spacial score (nSPS) is 17.2. The van der Waals surface area contributed by atoms with E-state index in [4.69, 9.17) is 16.3 Å². The first-order valence-electron chi connectivity index (χ1n) is 8.28. The van der Waals surface area contributed by atoms with Crippen LogP contribution in [0.5, 0.6) is 0 Å². The highest BCUT2D eigenvalue weighted by atomic mass is 35.5. The van der Waals surface area contributed by atoms with E-state index in [0.717, 1.165) is 33.5 Å². The van der Waals surface area contributed by atoms with Gasteiger partial charge < -0.3 is 15.4 Å². The van der Waals surface area contributed by atoms with E-state index in [2.05, 4.69) is 16.7 Å². The quantitative estimate of drug-likeness (QED) is 0.749. The molecule has 1 unspecified atom stereocenters. The minimum Gasteiger partial charge on any atom is -0.378 e. The predicted molar refractivity (Wildman–Crippen MR) is 103 cm³/mol. The SMILES string of the molecule is O=C(CC1COCCN1)Nc1ccccc1SCc1cccc(Cl)c1. The van der Waals surface area contributed by atoms with Crippen molar-refractivity contribution in [2.75, 3.05) is 25.1 Å². The molecule has 1 aliphatic heterocycles. The number of nitrogens with one attached hydrogen (secondary N) is 2.